The van der Waals surface area contributed by atoms with Crippen LogP contribution in [0.1, 0.15) is 24.1 Å². The molecule has 0 bridgehead atoms. The van der Waals surface area contributed by atoms with Crippen LogP contribution in [-0.2, 0) is 15.7 Å². The number of rotatable bonds is 5. The van der Waals surface area contributed by atoms with Crippen molar-refractivity contribution in [3.63, 3.8) is 0 Å². The zero-order valence-corrected chi connectivity index (χ0v) is 16.1. The molecular formula is C20H22ClF3N2O2. The number of anilines is 1. The zero-order chi connectivity index (χ0) is 19.4. The van der Waals surface area contributed by atoms with E-state index in [4.69, 9.17) is 4.74 Å². The van der Waals surface area contributed by atoms with Crippen molar-refractivity contribution in [3.8, 4) is 0 Å². The van der Waals surface area contributed by atoms with Crippen LogP contribution in [0.3, 0.4) is 0 Å². The third-order valence-electron chi connectivity index (χ3n) is 4.59. The second kappa shape index (κ2) is 9.41. The number of amides is 1. The Kier molecular flexibility index (Phi) is 7.46. The van der Waals surface area contributed by atoms with E-state index in [1.807, 2.05) is 37.3 Å². The van der Waals surface area contributed by atoms with Crippen LogP contribution in [0.15, 0.2) is 54.6 Å². The molecule has 0 radical (unpaired) electrons. The van der Waals surface area contributed by atoms with E-state index in [1.165, 1.54) is 17.0 Å². The van der Waals surface area contributed by atoms with E-state index >= 15 is 0 Å². The fraction of sp³-hybridized carbons (Fsp3) is 0.350. The number of halogens is 4. The number of carbonyl (C=O) groups is 1. The molecule has 0 aliphatic carbocycles. The van der Waals surface area contributed by atoms with Gasteiger partial charge in [0.1, 0.15) is 6.61 Å². The molecule has 4 nitrogen and oxygen atoms in total. The van der Waals surface area contributed by atoms with Gasteiger partial charge in [-0.1, -0.05) is 30.3 Å². The number of benzene rings is 2. The van der Waals surface area contributed by atoms with Crippen molar-refractivity contribution in [3.05, 3.63) is 65.7 Å². The summed E-state index contributed by atoms with van der Waals surface area (Å²) in [4.78, 5) is 13.6. The molecule has 28 heavy (non-hydrogen) atoms. The van der Waals surface area contributed by atoms with Crippen molar-refractivity contribution in [1.82, 2.24) is 5.32 Å². The first-order valence-electron chi connectivity index (χ1n) is 8.72. The van der Waals surface area contributed by atoms with Gasteiger partial charge in [0.2, 0.25) is 0 Å². The average molecular weight is 415 g/mol. The van der Waals surface area contributed by atoms with Gasteiger partial charge in [-0.25, -0.2) is 0 Å². The summed E-state index contributed by atoms with van der Waals surface area (Å²) in [5.41, 5.74) is 0.850. The molecule has 0 aromatic heterocycles. The van der Waals surface area contributed by atoms with Crippen molar-refractivity contribution in [1.29, 1.82) is 0 Å². The Morgan fingerprint density at radius 1 is 1.14 bits per heavy atom. The third kappa shape index (κ3) is 5.47. The maximum absolute atomic E-state index is 12.7. The molecule has 2 aromatic rings. The van der Waals surface area contributed by atoms with Gasteiger partial charge in [0.15, 0.2) is 0 Å². The van der Waals surface area contributed by atoms with Crippen molar-refractivity contribution in [2.24, 2.45) is 0 Å². The van der Waals surface area contributed by atoms with Gasteiger partial charge in [-0.2, -0.15) is 13.2 Å². The maximum atomic E-state index is 12.7. The summed E-state index contributed by atoms with van der Waals surface area (Å²) >= 11 is 0. The van der Waals surface area contributed by atoms with E-state index in [1.54, 1.807) is 0 Å². The Morgan fingerprint density at radius 3 is 2.39 bits per heavy atom. The number of nitrogens with one attached hydrogen (secondary N) is 1. The number of alkyl halides is 3. The van der Waals surface area contributed by atoms with Crippen LogP contribution >= 0.6 is 12.4 Å². The second-order valence-electron chi connectivity index (χ2n) is 6.52. The van der Waals surface area contributed by atoms with Crippen LogP contribution in [0.2, 0.25) is 0 Å². The predicted molar refractivity (Wildman–Crippen MR) is 104 cm³/mol. The van der Waals surface area contributed by atoms with Crippen LogP contribution < -0.4 is 10.2 Å². The zero-order valence-electron chi connectivity index (χ0n) is 15.3. The lowest BCUT2D eigenvalue weighted by molar-refractivity contribution is -0.137. The Labute approximate surface area is 168 Å². The van der Waals surface area contributed by atoms with Crippen molar-refractivity contribution in [2.45, 2.75) is 25.2 Å². The van der Waals surface area contributed by atoms with Crippen LogP contribution in [0, 0.1) is 0 Å². The van der Waals surface area contributed by atoms with Crippen molar-refractivity contribution < 1.29 is 22.7 Å². The van der Waals surface area contributed by atoms with E-state index in [2.05, 4.69) is 5.32 Å². The molecule has 0 spiro atoms. The second-order valence-corrected chi connectivity index (χ2v) is 6.52. The lowest BCUT2D eigenvalue weighted by Crippen LogP contribution is -2.50. The molecule has 8 heteroatoms. The maximum Gasteiger partial charge on any atom is 0.416 e. The Morgan fingerprint density at radius 2 is 1.79 bits per heavy atom. The standard InChI is InChI=1S/C20H21F3N2O2.ClH/c1-14(15-5-3-2-4-6-15)24-11-18-12-25(19(26)13-27-18)17-9-7-16(8-10-17)20(21,22)23;/h2-10,14,18,24H,11-13H2,1H3;1H/t14-,18?;/m1./s1. The number of hydrogen-bond donors (Lipinski definition) is 1. The highest BCUT2D eigenvalue weighted by Gasteiger charge is 2.31. The summed E-state index contributed by atoms with van der Waals surface area (Å²) < 4.78 is 43.7. The Hall–Kier alpha value is -2.09. The summed E-state index contributed by atoms with van der Waals surface area (Å²) in [6.45, 7) is 2.77. The fourth-order valence-electron chi connectivity index (χ4n) is 3.00. The molecule has 1 aliphatic heterocycles. The summed E-state index contributed by atoms with van der Waals surface area (Å²) in [7, 11) is 0. The SMILES string of the molecule is C[C@@H](NCC1CN(c2ccc(C(F)(F)F)cc2)C(=O)CO1)c1ccccc1.Cl. The van der Waals surface area contributed by atoms with Gasteiger partial charge in [0.05, 0.1) is 18.2 Å². The first-order chi connectivity index (χ1) is 12.8. The topological polar surface area (TPSA) is 41.6 Å². The molecule has 1 heterocycles. The molecule has 152 valence electrons. The quantitative estimate of drug-likeness (QED) is 0.796. The first-order valence-corrected chi connectivity index (χ1v) is 8.72. The van der Waals surface area contributed by atoms with E-state index in [-0.39, 0.29) is 37.1 Å². The van der Waals surface area contributed by atoms with Gasteiger partial charge in [0, 0.05) is 18.3 Å². The highest BCUT2D eigenvalue weighted by molar-refractivity contribution is 5.95. The number of hydrogen-bond acceptors (Lipinski definition) is 3. The number of nitrogens with zero attached hydrogens (tertiary/aromatic N) is 1. The fourth-order valence-corrected chi connectivity index (χ4v) is 3.00. The number of carbonyl (C=O) groups excluding carboxylic acids is 1. The minimum atomic E-state index is -4.40. The average Bonchev–Trinajstić information content (AvgIpc) is 2.67. The van der Waals surface area contributed by atoms with E-state index in [0.717, 1.165) is 17.7 Å². The number of morpholine rings is 1. The Balaban J connectivity index is 0.00000280. The monoisotopic (exact) mass is 414 g/mol. The van der Waals surface area contributed by atoms with Crippen molar-refractivity contribution >= 4 is 24.0 Å². The molecule has 2 aromatic carbocycles. The normalized spacial score (nSPS) is 18.5. The van der Waals surface area contributed by atoms with Crippen molar-refractivity contribution in [2.75, 3.05) is 24.6 Å². The number of ether oxygens (including phenoxy) is 1. The van der Waals surface area contributed by atoms with Gasteiger partial charge >= 0.3 is 6.18 Å². The smallest absolute Gasteiger partial charge is 0.365 e. The van der Waals surface area contributed by atoms with E-state index in [0.29, 0.717) is 18.8 Å². The lowest BCUT2D eigenvalue weighted by Gasteiger charge is -2.33. The summed E-state index contributed by atoms with van der Waals surface area (Å²) in [6, 6.07) is 14.7. The van der Waals surface area contributed by atoms with Crippen LogP contribution in [0.4, 0.5) is 18.9 Å². The first kappa shape index (κ1) is 22.2. The van der Waals surface area contributed by atoms with Gasteiger partial charge < -0.3 is 15.0 Å². The Bertz CT molecular complexity index is 769. The van der Waals surface area contributed by atoms with Crippen LogP contribution in [-0.4, -0.2) is 31.7 Å². The highest BCUT2D eigenvalue weighted by atomic mass is 35.5. The predicted octanol–water partition coefficient (Wildman–Crippen LogP) is 4.21. The van der Waals surface area contributed by atoms with Gasteiger partial charge in [-0.15, -0.1) is 12.4 Å². The molecular weight excluding hydrogens is 393 g/mol. The summed E-state index contributed by atoms with van der Waals surface area (Å²) in [6.07, 6.45) is -4.63. The van der Waals surface area contributed by atoms with E-state index in [9.17, 15) is 18.0 Å². The molecule has 1 N–H and O–H groups in total. The van der Waals surface area contributed by atoms with Gasteiger partial charge in [-0.3, -0.25) is 4.79 Å². The van der Waals surface area contributed by atoms with Gasteiger partial charge in [0.25, 0.3) is 5.91 Å². The third-order valence-corrected chi connectivity index (χ3v) is 4.59. The van der Waals surface area contributed by atoms with Crippen LogP contribution in [0.5, 0.6) is 0 Å². The largest absolute Gasteiger partial charge is 0.416 e. The molecule has 1 unspecified atom stereocenters. The van der Waals surface area contributed by atoms with Crippen LogP contribution in [0.25, 0.3) is 0 Å². The molecule has 1 amide bonds. The molecule has 2 atom stereocenters. The van der Waals surface area contributed by atoms with Gasteiger partial charge in [-0.05, 0) is 36.8 Å². The molecule has 1 aliphatic rings. The molecule has 1 saturated heterocycles. The minimum Gasteiger partial charge on any atom is -0.365 e. The molecule has 1 fully saturated rings. The van der Waals surface area contributed by atoms with E-state index < -0.39 is 11.7 Å². The summed E-state index contributed by atoms with van der Waals surface area (Å²) in [5, 5.41) is 3.37. The highest BCUT2D eigenvalue weighted by Crippen LogP contribution is 2.31. The minimum absolute atomic E-state index is 0. The summed E-state index contributed by atoms with van der Waals surface area (Å²) in [5.74, 6) is -0.262. The molecule has 0 saturated carbocycles. The lowest BCUT2D eigenvalue weighted by atomic mass is 10.1. The molecule has 3 rings (SSSR count).